The molecule has 22 heavy (non-hydrogen) atoms. The smallest absolute Gasteiger partial charge is 0.271 e. The van der Waals surface area contributed by atoms with Gasteiger partial charge >= 0.3 is 0 Å². The summed E-state index contributed by atoms with van der Waals surface area (Å²) >= 11 is 7.60. The first-order valence-corrected chi connectivity index (χ1v) is 8.22. The average Bonchev–Trinajstić information content (AvgIpc) is 2.98. The third-order valence-electron chi connectivity index (χ3n) is 3.47. The topological polar surface area (TPSA) is 54.0 Å². The van der Waals surface area contributed by atoms with Gasteiger partial charge in [0, 0.05) is 23.5 Å². The molecule has 0 radical (unpaired) electrons. The molecular formula is C15H17Cl2N3OS. The third kappa shape index (κ3) is 3.98. The van der Waals surface area contributed by atoms with Crippen molar-refractivity contribution in [2.24, 2.45) is 0 Å². The van der Waals surface area contributed by atoms with Crippen LogP contribution in [0.1, 0.15) is 23.3 Å². The largest absolute Gasteiger partial charge is 0.347 e. The van der Waals surface area contributed by atoms with Crippen LogP contribution < -0.4 is 10.6 Å². The lowest BCUT2D eigenvalue weighted by molar-refractivity contribution is 0.0926. The summed E-state index contributed by atoms with van der Waals surface area (Å²) in [5.41, 5.74) is 1.32. The van der Waals surface area contributed by atoms with Crippen LogP contribution >= 0.6 is 35.3 Å². The van der Waals surface area contributed by atoms with Crippen molar-refractivity contribution in [2.45, 2.75) is 18.9 Å². The van der Waals surface area contributed by atoms with E-state index in [1.807, 2.05) is 24.3 Å². The van der Waals surface area contributed by atoms with Gasteiger partial charge in [-0.15, -0.1) is 23.7 Å². The van der Waals surface area contributed by atoms with Gasteiger partial charge in [0.05, 0.1) is 5.02 Å². The van der Waals surface area contributed by atoms with E-state index in [1.165, 1.54) is 11.3 Å². The van der Waals surface area contributed by atoms with Crippen molar-refractivity contribution in [3.05, 3.63) is 40.4 Å². The quantitative estimate of drug-likeness (QED) is 0.885. The van der Waals surface area contributed by atoms with Crippen LogP contribution in [0.15, 0.2) is 29.6 Å². The Hall–Kier alpha value is -1.14. The zero-order valence-electron chi connectivity index (χ0n) is 11.8. The van der Waals surface area contributed by atoms with E-state index in [4.69, 9.17) is 11.6 Å². The van der Waals surface area contributed by atoms with Crippen LogP contribution in [0.4, 0.5) is 0 Å². The van der Waals surface area contributed by atoms with Crippen LogP contribution in [0.5, 0.6) is 0 Å². The Balaban J connectivity index is 0.00000176. The van der Waals surface area contributed by atoms with Crippen molar-refractivity contribution in [1.29, 1.82) is 0 Å². The molecular weight excluding hydrogens is 341 g/mol. The number of nitrogens with one attached hydrogen (secondary N) is 2. The highest BCUT2D eigenvalue weighted by atomic mass is 35.5. The Kier molecular flexibility index (Phi) is 6.20. The van der Waals surface area contributed by atoms with Crippen LogP contribution in [0.25, 0.3) is 10.6 Å². The fourth-order valence-electron chi connectivity index (χ4n) is 2.37. The maximum atomic E-state index is 12.2. The minimum atomic E-state index is -0.113. The molecule has 2 aromatic rings. The summed E-state index contributed by atoms with van der Waals surface area (Å²) in [5, 5.41) is 9.51. The lowest BCUT2D eigenvalue weighted by Crippen LogP contribution is -2.45. The standard InChI is InChI=1S/C15H16ClN3OS.ClH/c16-12-6-2-1-5-11(12)15-19-13(9-21-15)14(20)18-10-4-3-7-17-8-10;/h1-2,5-6,9-10,17H,3-4,7-8H2,(H,18,20);1H/t10-;/m0./s1. The first-order valence-electron chi connectivity index (χ1n) is 6.96. The maximum absolute atomic E-state index is 12.2. The van der Waals surface area contributed by atoms with Gasteiger partial charge in [-0.2, -0.15) is 0 Å². The number of nitrogens with zero attached hydrogens (tertiary/aromatic N) is 1. The van der Waals surface area contributed by atoms with Crippen molar-refractivity contribution in [3.63, 3.8) is 0 Å². The molecule has 118 valence electrons. The van der Waals surface area contributed by atoms with Crippen molar-refractivity contribution in [2.75, 3.05) is 13.1 Å². The van der Waals surface area contributed by atoms with Crippen molar-refractivity contribution < 1.29 is 4.79 Å². The van der Waals surface area contributed by atoms with Crippen molar-refractivity contribution in [1.82, 2.24) is 15.6 Å². The summed E-state index contributed by atoms with van der Waals surface area (Å²) in [6.45, 7) is 1.85. The maximum Gasteiger partial charge on any atom is 0.271 e. The van der Waals surface area contributed by atoms with E-state index in [9.17, 15) is 4.79 Å². The summed E-state index contributed by atoms with van der Waals surface area (Å²) in [6.07, 6.45) is 2.10. The Morgan fingerprint density at radius 2 is 2.23 bits per heavy atom. The summed E-state index contributed by atoms with van der Waals surface area (Å²) in [4.78, 5) is 16.6. The van der Waals surface area contributed by atoms with E-state index in [2.05, 4.69) is 15.6 Å². The zero-order valence-corrected chi connectivity index (χ0v) is 14.2. The molecule has 0 spiro atoms. The minimum absolute atomic E-state index is 0. The molecule has 1 amide bonds. The Labute approximate surface area is 144 Å². The zero-order chi connectivity index (χ0) is 14.7. The van der Waals surface area contributed by atoms with E-state index in [1.54, 1.807) is 5.38 Å². The number of piperidine rings is 1. The monoisotopic (exact) mass is 357 g/mol. The van der Waals surface area contributed by atoms with E-state index in [-0.39, 0.29) is 24.4 Å². The molecule has 1 aliphatic heterocycles. The van der Waals surface area contributed by atoms with Gasteiger partial charge in [0.1, 0.15) is 10.7 Å². The Morgan fingerprint density at radius 3 is 2.95 bits per heavy atom. The van der Waals surface area contributed by atoms with Crippen molar-refractivity contribution in [3.8, 4) is 10.6 Å². The normalized spacial score (nSPS) is 17.6. The van der Waals surface area contributed by atoms with Crippen LogP contribution in [0.2, 0.25) is 5.02 Å². The van der Waals surface area contributed by atoms with Gasteiger partial charge in [0.2, 0.25) is 0 Å². The molecule has 1 aliphatic rings. The van der Waals surface area contributed by atoms with Gasteiger partial charge in [-0.1, -0.05) is 29.8 Å². The SMILES string of the molecule is Cl.O=C(N[C@H]1CCCNC1)c1csc(-c2ccccc2Cl)n1. The molecule has 0 bridgehead atoms. The van der Waals surface area contributed by atoms with Crippen LogP contribution in [0.3, 0.4) is 0 Å². The van der Waals surface area contributed by atoms with E-state index in [0.717, 1.165) is 36.5 Å². The Bertz CT molecular complexity index is 641. The summed E-state index contributed by atoms with van der Waals surface area (Å²) in [6, 6.07) is 7.72. The molecule has 4 nitrogen and oxygen atoms in total. The molecule has 1 aromatic heterocycles. The summed E-state index contributed by atoms with van der Waals surface area (Å²) < 4.78 is 0. The molecule has 0 aliphatic carbocycles. The van der Waals surface area contributed by atoms with Crippen molar-refractivity contribution >= 4 is 41.3 Å². The van der Waals surface area contributed by atoms with Crippen LogP contribution in [0, 0.1) is 0 Å². The molecule has 2 heterocycles. The fourth-order valence-corrected chi connectivity index (χ4v) is 3.49. The number of hydrogen-bond donors (Lipinski definition) is 2. The number of carbonyl (C=O) groups is 1. The molecule has 1 fully saturated rings. The molecule has 0 unspecified atom stereocenters. The predicted molar refractivity (Wildman–Crippen MR) is 93.2 cm³/mol. The average molecular weight is 358 g/mol. The molecule has 0 saturated carbocycles. The molecule has 1 atom stereocenters. The fraction of sp³-hybridized carbons (Fsp3) is 0.333. The number of amides is 1. The van der Waals surface area contributed by atoms with E-state index < -0.39 is 0 Å². The van der Waals surface area contributed by atoms with Gasteiger partial charge < -0.3 is 10.6 Å². The highest BCUT2D eigenvalue weighted by molar-refractivity contribution is 7.13. The predicted octanol–water partition coefficient (Wildman–Crippen LogP) is 3.37. The number of thiazole rings is 1. The second-order valence-electron chi connectivity index (χ2n) is 5.03. The van der Waals surface area contributed by atoms with Gasteiger partial charge in [0.25, 0.3) is 5.91 Å². The second-order valence-corrected chi connectivity index (χ2v) is 6.30. The van der Waals surface area contributed by atoms with Crippen LogP contribution in [-0.2, 0) is 0 Å². The molecule has 7 heteroatoms. The lowest BCUT2D eigenvalue weighted by atomic mass is 10.1. The number of halogens is 2. The minimum Gasteiger partial charge on any atom is -0.347 e. The Morgan fingerprint density at radius 1 is 1.41 bits per heavy atom. The molecule has 2 N–H and O–H groups in total. The lowest BCUT2D eigenvalue weighted by Gasteiger charge is -2.23. The number of benzene rings is 1. The molecule has 3 rings (SSSR count). The summed E-state index contributed by atoms with van der Waals surface area (Å²) in [7, 11) is 0. The number of aromatic nitrogens is 1. The van der Waals surface area contributed by atoms with Crippen LogP contribution in [-0.4, -0.2) is 30.0 Å². The third-order valence-corrected chi connectivity index (χ3v) is 4.68. The summed E-state index contributed by atoms with van der Waals surface area (Å²) in [5.74, 6) is -0.113. The van der Waals surface area contributed by atoms with Gasteiger partial charge in [0.15, 0.2) is 0 Å². The number of rotatable bonds is 3. The molecule has 1 saturated heterocycles. The van der Waals surface area contributed by atoms with Gasteiger partial charge in [-0.3, -0.25) is 4.79 Å². The van der Waals surface area contributed by atoms with Gasteiger partial charge in [-0.05, 0) is 25.5 Å². The number of carbonyl (C=O) groups excluding carboxylic acids is 1. The highest BCUT2D eigenvalue weighted by Crippen LogP contribution is 2.30. The van der Waals surface area contributed by atoms with E-state index >= 15 is 0 Å². The first-order chi connectivity index (χ1) is 10.2. The van der Waals surface area contributed by atoms with Gasteiger partial charge in [-0.25, -0.2) is 4.98 Å². The highest BCUT2D eigenvalue weighted by Gasteiger charge is 2.18. The van der Waals surface area contributed by atoms with E-state index in [0.29, 0.717) is 10.7 Å². The molecule has 1 aromatic carbocycles. The first kappa shape index (κ1) is 17.2. The second kappa shape index (κ2) is 7.92. The number of hydrogen-bond acceptors (Lipinski definition) is 4.